The van der Waals surface area contributed by atoms with Gasteiger partial charge in [-0.25, -0.2) is 9.18 Å². The molecule has 2 fully saturated rings. The molecular weight excluding hydrogens is 425 g/mol. The van der Waals surface area contributed by atoms with E-state index in [1.807, 2.05) is 23.1 Å². The highest BCUT2D eigenvalue weighted by Gasteiger charge is 2.33. The van der Waals surface area contributed by atoms with Gasteiger partial charge in [-0.05, 0) is 24.3 Å². The fraction of sp³-hybridized carbons (Fsp3) is 0.421. The van der Waals surface area contributed by atoms with Crippen molar-refractivity contribution in [3.8, 4) is 6.07 Å². The van der Waals surface area contributed by atoms with Crippen LogP contribution in [0.1, 0.15) is 11.9 Å². The van der Waals surface area contributed by atoms with Gasteiger partial charge in [-0.1, -0.05) is 11.3 Å². The predicted octanol–water partition coefficient (Wildman–Crippen LogP) is 1.49. The monoisotopic (exact) mass is 445 g/mol. The number of nitriles is 1. The molecule has 3 heterocycles. The number of amides is 2. The van der Waals surface area contributed by atoms with Crippen LogP contribution in [0.4, 0.5) is 25.7 Å². The Kier molecular flexibility index (Phi) is 5.85. The van der Waals surface area contributed by atoms with Crippen LogP contribution in [-0.2, 0) is 9.53 Å². The molecule has 1 N–H and O–H groups in total. The van der Waals surface area contributed by atoms with Gasteiger partial charge in [-0.2, -0.15) is 5.26 Å². The lowest BCUT2D eigenvalue weighted by atomic mass is 10.2. The Bertz CT molecular complexity index is 1010. The maximum absolute atomic E-state index is 14.8. The molecule has 2 atom stereocenters. The van der Waals surface area contributed by atoms with E-state index < -0.39 is 18.5 Å². The fourth-order valence-corrected chi connectivity index (χ4v) is 4.21. The minimum atomic E-state index is -1.28. The first kappa shape index (κ1) is 20.8. The average molecular weight is 445 g/mol. The molecule has 2 amide bonds. The van der Waals surface area contributed by atoms with Crippen molar-refractivity contribution in [3.63, 3.8) is 0 Å². The molecule has 31 heavy (non-hydrogen) atoms. The van der Waals surface area contributed by atoms with Crippen molar-refractivity contribution in [2.75, 3.05) is 47.4 Å². The van der Waals surface area contributed by atoms with Crippen molar-refractivity contribution < 1.29 is 18.7 Å². The van der Waals surface area contributed by atoms with Crippen molar-refractivity contribution in [1.29, 1.82) is 5.26 Å². The van der Waals surface area contributed by atoms with Gasteiger partial charge in [0.15, 0.2) is 6.30 Å². The minimum Gasteiger partial charge on any atom is -0.442 e. The smallest absolute Gasteiger partial charge is 0.414 e. The van der Waals surface area contributed by atoms with Gasteiger partial charge in [0.25, 0.3) is 0 Å². The Labute approximate surface area is 181 Å². The van der Waals surface area contributed by atoms with Crippen LogP contribution in [-0.4, -0.2) is 67.3 Å². The molecule has 0 saturated carbocycles. The summed E-state index contributed by atoms with van der Waals surface area (Å²) >= 11 is 1.07. The van der Waals surface area contributed by atoms with E-state index in [0.717, 1.165) is 17.0 Å². The Morgan fingerprint density at radius 1 is 1.29 bits per heavy atom. The number of carbonyl (C=O) groups excluding carboxylic acids is 2. The van der Waals surface area contributed by atoms with E-state index in [1.54, 1.807) is 12.1 Å². The van der Waals surface area contributed by atoms with E-state index in [1.165, 1.54) is 16.7 Å². The van der Waals surface area contributed by atoms with Crippen LogP contribution in [0.15, 0.2) is 24.3 Å². The molecular formula is C19H20FN7O3S. The molecule has 1 aromatic carbocycles. The number of benzene rings is 1. The molecule has 10 nitrogen and oxygen atoms in total. The number of hydrogen-bond acceptors (Lipinski definition) is 9. The second kappa shape index (κ2) is 8.73. The number of anilines is 3. The lowest BCUT2D eigenvalue weighted by Crippen LogP contribution is -2.51. The number of cyclic esters (lactones) is 1. The number of halogens is 1. The van der Waals surface area contributed by atoms with Crippen LogP contribution < -0.4 is 20.0 Å². The zero-order chi connectivity index (χ0) is 22.0. The Morgan fingerprint density at radius 3 is 2.68 bits per heavy atom. The summed E-state index contributed by atoms with van der Waals surface area (Å²) in [6.07, 6.45) is -2.15. The lowest BCUT2D eigenvalue weighted by Gasteiger charge is -2.38. The maximum atomic E-state index is 14.8. The third-order valence-corrected chi connectivity index (χ3v) is 5.92. The third-order valence-electron chi connectivity index (χ3n) is 5.06. The first-order chi connectivity index (χ1) is 14.9. The van der Waals surface area contributed by atoms with E-state index in [4.69, 9.17) is 10.00 Å². The average Bonchev–Trinajstić information content (AvgIpc) is 3.39. The van der Waals surface area contributed by atoms with Gasteiger partial charge < -0.3 is 19.9 Å². The zero-order valence-corrected chi connectivity index (χ0v) is 17.5. The molecule has 0 aliphatic carbocycles. The van der Waals surface area contributed by atoms with E-state index in [9.17, 15) is 14.0 Å². The van der Waals surface area contributed by atoms with Crippen LogP contribution in [0.2, 0.25) is 0 Å². The number of rotatable bonds is 5. The molecule has 1 aromatic heterocycles. The van der Waals surface area contributed by atoms with Crippen molar-refractivity contribution >= 4 is 39.8 Å². The number of piperazine rings is 1. The van der Waals surface area contributed by atoms with Gasteiger partial charge in [0.1, 0.15) is 12.2 Å². The summed E-state index contributed by atoms with van der Waals surface area (Å²) in [6.45, 7) is 3.15. The molecule has 0 bridgehead atoms. The molecule has 2 aliphatic heterocycles. The molecule has 2 aromatic rings. The second-order valence-corrected chi connectivity index (χ2v) is 8.10. The lowest BCUT2D eigenvalue weighted by molar-refractivity contribution is -0.119. The largest absolute Gasteiger partial charge is 0.442 e. The van der Waals surface area contributed by atoms with Crippen molar-refractivity contribution in [2.45, 2.75) is 19.3 Å². The number of aromatic nitrogens is 2. The van der Waals surface area contributed by atoms with Crippen molar-refractivity contribution in [1.82, 2.24) is 15.5 Å². The standard InChI is InChI=1S/C19H20FN7O3S/c1-12(28)22-9-15-10-27(19(29)30-15)14-4-2-13(3-5-14)25-6-7-26(16(20)11-25)18-24-23-17(8-21)31-18/h2-5,15-16H,6-7,9-11H2,1H3,(H,22,28)/t15?,16-/m1/s1. The Morgan fingerprint density at radius 2 is 2.03 bits per heavy atom. The summed E-state index contributed by atoms with van der Waals surface area (Å²) in [6, 6.07) is 9.17. The molecule has 12 heteroatoms. The highest BCUT2D eigenvalue weighted by molar-refractivity contribution is 7.15. The zero-order valence-electron chi connectivity index (χ0n) is 16.7. The fourth-order valence-electron chi connectivity index (χ4n) is 3.51. The van der Waals surface area contributed by atoms with Gasteiger partial charge in [-0.15, -0.1) is 10.2 Å². The van der Waals surface area contributed by atoms with Crippen molar-refractivity contribution in [2.24, 2.45) is 0 Å². The van der Waals surface area contributed by atoms with Gasteiger partial charge in [0.05, 0.1) is 19.6 Å². The minimum absolute atomic E-state index is 0.144. The Hall–Kier alpha value is -3.46. The topological polar surface area (TPSA) is 115 Å². The van der Waals surface area contributed by atoms with Crippen LogP contribution >= 0.6 is 11.3 Å². The predicted molar refractivity (Wildman–Crippen MR) is 112 cm³/mol. The Balaban J connectivity index is 1.37. The molecule has 162 valence electrons. The maximum Gasteiger partial charge on any atom is 0.414 e. The van der Waals surface area contributed by atoms with Crippen LogP contribution in [0.3, 0.4) is 0 Å². The van der Waals surface area contributed by atoms with E-state index >= 15 is 0 Å². The summed E-state index contributed by atoms with van der Waals surface area (Å²) in [5.41, 5.74) is 1.51. The molecule has 0 radical (unpaired) electrons. The number of ether oxygens (including phenoxy) is 1. The number of nitrogens with one attached hydrogen (secondary N) is 1. The summed E-state index contributed by atoms with van der Waals surface area (Å²) in [4.78, 5) is 28.1. The van der Waals surface area contributed by atoms with Gasteiger partial charge >= 0.3 is 6.09 Å². The summed E-state index contributed by atoms with van der Waals surface area (Å²) in [5, 5.41) is 19.7. The highest BCUT2D eigenvalue weighted by atomic mass is 32.1. The first-order valence-electron chi connectivity index (χ1n) is 9.66. The number of nitrogens with zero attached hydrogens (tertiary/aromatic N) is 6. The third kappa shape index (κ3) is 4.51. The molecule has 2 saturated heterocycles. The molecule has 1 unspecified atom stereocenters. The van der Waals surface area contributed by atoms with E-state index in [-0.39, 0.29) is 24.0 Å². The molecule has 0 spiro atoms. The van der Waals surface area contributed by atoms with Crippen molar-refractivity contribution in [3.05, 3.63) is 29.3 Å². The van der Waals surface area contributed by atoms with Gasteiger partial charge in [-0.3, -0.25) is 9.69 Å². The van der Waals surface area contributed by atoms with E-state index in [0.29, 0.717) is 30.5 Å². The van der Waals surface area contributed by atoms with Crippen LogP contribution in [0.5, 0.6) is 0 Å². The normalized spacial score (nSPS) is 21.1. The quantitative estimate of drug-likeness (QED) is 0.689. The summed E-state index contributed by atoms with van der Waals surface area (Å²) in [7, 11) is 0. The summed E-state index contributed by atoms with van der Waals surface area (Å²) in [5.74, 6) is -0.179. The van der Waals surface area contributed by atoms with Gasteiger partial charge in [0.2, 0.25) is 16.0 Å². The van der Waals surface area contributed by atoms with Crippen LogP contribution in [0.25, 0.3) is 0 Å². The number of carbonyl (C=O) groups is 2. The van der Waals surface area contributed by atoms with Gasteiger partial charge in [0, 0.05) is 31.4 Å². The van der Waals surface area contributed by atoms with Crippen LogP contribution in [0, 0.1) is 11.3 Å². The van der Waals surface area contributed by atoms with E-state index in [2.05, 4.69) is 15.5 Å². The number of hydrogen-bond donors (Lipinski definition) is 1. The first-order valence-corrected chi connectivity index (χ1v) is 10.5. The number of alkyl halides is 1. The second-order valence-electron chi connectivity index (χ2n) is 7.15. The summed E-state index contributed by atoms with van der Waals surface area (Å²) < 4.78 is 20.1. The molecule has 2 aliphatic rings. The highest BCUT2D eigenvalue weighted by Crippen LogP contribution is 2.29. The molecule has 4 rings (SSSR count). The SMILES string of the molecule is CC(=O)NCC1CN(c2ccc(N3CCN(c4nnc(C#N)s4)[C@@H](F)C3)cc2)C(=O)O1.